The number of nitrogens with one attached hydrogen (secondary N) is 1. The molecule has 16 heavy (non-hydrogen) atoms. The lowest BCUT2D eigenvalue weighted by atomic mass is 10.0. The topological polar surface area (TPSA) is 75.4 Å². The van der Waals surface area contributed by atoms with Gasteiger partial charge in [-0.1, -0.05) is 13.0 Å². The number of benzene rings is 1. The summed E-state index contributed by atoms with van der Waals surface area (Å²) in [5.74, 6) is -0.274. The van der Waals surface area contributed by atoms with Crippen LogP contribution >= 0.6 is 12.4 Å². The van der Waals surface area contributed by atoms with E-state index in [0.717, 1.165) is 0 Å². The van der Waals surface area contributed by atoms with Crippen LogP contribution in [-0.4, -0.2) is 17.1 Å². The predicted octanol–water partition coefficient (Wildman–Crippen LogP) is 1.74. The van der Waals surface area contributed by atoms with Crippen LogP contribution in [0.3, 0.4) is 0 Å². The lowest BCUT2D eigenvalue weighted by Crippen LogP contribution is -2.34. The van der Waals surface area contributed by atoms with Crippen LogP contribution in [-0.2, 0) is 4.79 Å². The van der Waals surface area contributed by atoms with Gasteiger partial charge in [-0.25, -0.2) is 0 Å². The number of hydrogen-bond donors (Lipinski definition) is 3. The van der Waals surface area contributed by atoms with Crippen molar-refractivity contribution in [2.24, 2.45) is 11.7 Å². The summed E-state index contributed by atoms with van der Waals surface area (Å²) in [6.45, 7) is 3.55. The van der Waals surface area contributed by atoms with E-state index in [1.165, 1.54) is 6.07 Å². The molecular formula is C11H17ClN2O2. The molecule has 1 amide bonds. The van der Waals surface area contributed by atoms with Crippen molar-refractivity contribution in [3.05, 3.63) is 24.3 Å². The van der Waals surface area contributed by atoms with Crippen LogP contribution < -0.4 is 11.1 Å². The highest BCUT2D eigenvalue weighted by molar-refractivity contribution is 5.92. The van der Waals surface area contributed by atoms with Gasteiger partial charge in [0.05, 0.1) is 5.92 Å². The minimum Gasteiger partial charge on any atom is -0.508 e. The number of carbonyl (C=O) groups excluding carboxylic acids is 1. The first-order chi connectivity index (χ1) is 7.00. The highest BCUT2D eigenvalue weighted by atomic mass is 35.5. The van der Waals surface area contributed by atoms with Gasteiger partial charge in [0.25, 0.3) is 0 Å². The molecule has 0 saturated carbocycles. The first-order valence-corrected chi connectivity index (χ1v) is 4.86. The van der Waals surface area contributed by atoms with Crippen LogP contribution in [0.2, 0.25) is 0 Å². The quantitative estimate of drug-likeness (QED) is 0.758. The van der Waals surface area contributed by atoms with Crippen LogP contribution in [0.1, 0.15) is 13.8 Å². The van der Waals surface area contributed by atoms with Crippen molar-refractivity contribution < 1.29 is 9.90 Å². The lowest BCUT2D eigenvalue weighted by Gasteiger charge is -2.15. The molecule has 0 aromatic heterocycles. The molecule has 0 heterocycles. The monoisotopic (exact) mass is 244 g/mol. The van der Waals surface area contributed by atoms with Crippen LogP contribution in [0.5, 0.6) is 5.75 Å². The Bertz CT molecular complexity index is 356. The van der Waals surface area contributed by atoms with E-state index in [-0.39, 0.29) is 36.0 Å². The van der Waals surface area contributed by atoms with Crippen molar-refractivity contribution in [2.75, 3.05) is 5.32 Å². The molecule has 0 aliphatic rings. The van der Waals surface area contributed by atoms with Gasteiger partial charge in [-0.05, 0) is 19.1 Å². The fourth-order valence-corrected chi connectivity index (χ4v) is 1.08. The Labute approximate surface area is 101 Å². The van der Waals surface area contributed by atoms with Crippen molar-refractivity contribution >= 4 is 24.0 Å². The number of halogens is 1. The van der Waals surface area contributed by atoms with E-state index in [4.69, 9.17) is 5.73 Å². The van der Waals surface area contributed by atoms with Gasteiger partial charge in [0.1, 0.15) is 5.75 Å². The van der Waals surface area contributed by atoms with Crippen molar-refractivity contribution in [3.63, 3.8) is 0 Å². The fourth-order valence-electron chi connectivity index (χ4n) is 1.08. The van der Waals surface area contributed by atoms with Gasteiger partial charge in [-0.2, -0.15) is 0 Å². The highest BCUT2D eigenvalue weighted by Crippen LogP contribution is 2.16. The van der Waals surface area contributed by atoms with E-state index in [1.807, 2.05) is 0 Å². The Kier molecular flexibility index (Phi) is 5.85. The molecule has 0 aliphatic heterocycles. The van der Waals surface area contributed by atoms with Gasteiger partial charge in [-0.3, -0.25) is 4.79 Å². The minimum absolute atomic E-state index is 0. The maximum absolute atomic E-state index is 11.6. The molecule has 2 unspecified atom stereocenters. The molecule has 0 spiro atoms. The number of rotatable bonds is 3. The third-order valence-corrected chi connectivity index (χ3v) is 2.32. The van der Waals surface area contributed by atoms with Gasteiger partial charge in [0.2, 0.25) is 5.91 Å². The number of hydrogen-bond acceptors (Lipinski definition) is 3. The Morgan fingerprint density at radius 1 is 1.44 bits per heavy atom. The van der Waals surface area contributed by atoms with Crippen molar-refractivity contribution in [1.29, 1.82) is 0 Å². The number of carbonyl (C=O) groups is 1. The minimum atomic E-state index is -0.257. The molecule has 1 aromatic carbocycles. The van der Waals surface area contributed by atoms with Crippen LogP contribution in [0.4, 0.5) is 5.69 Å². The average Bonchev–Trinajstić information content (AvgIpc) is 2.16. The largest absolute Gasteiger partial charge is 0.508 e. The van der Waals surface area contributed by atoms with Gasteiger partial charge < -0.3 is 16.2 Å². The Balaban J connectivity index is 0.00000225. The molecule has 1 rings (SSSR count). The average molecular weight is 245 g/mol. The molecule has 0 radical (unpaired) electrons. The molecule has 4 N–H and O–H groups in total. The molecule has 1 aromatic rings. The zero-order chi connectivity index (χ0) is 11.4. The number of amides is 1. The van der Waals surface area contributed by atoms with Gasteiger partial charge >= 0.3 is 0 Å². The fraction of sp³-hybridized carbons (Fsp3) is 0.364. The van der Waals surface area contributed by atoms with Gasteiger partial charge in [-0.15, -0.1) is 12.4 Å². The SMILES string of the molecule is CC(N)C(C)C(=O)Nc1cccc(O)c1.Cl. The van der Waals surface area contributed by atoms with Crippen molar-refractivity contribution in [1.82, 2.24) is 0 Å². The van der Waals surface area contributed by atoms with Crippen molar-refractivity contribution in [3.8, 4) is 5.75 Å². The van der Waals surface area contributed by atoms with Crippen LogP contribution in [0.25, 0.3) is 0 Å². The smallest absolute Gasteiger partial charge is 0.228 e. The summed E-state index contributed by atoms with van der Waals surface area (Å²) in [7, 11) is 0. The van der Waals surface area contributed by atoms with E-state index >= 15 is 0 Å². The maximum Gasteiger partial charge on any atom is 0.228 e. The molecule has 4 nitrogen and oxygen atoms in total. The molecule has 90 valence electrons. The summed E-state index contributed by atoms with van der Waals surface area (Å²) in [6.07, 6.45) is 0. The summed E-state index contributed by atoms with van der Waals surface area (Å²) < 4.78 is 0. The lowest BCUT2D eigenvalue weighted by molar-refractivity contribution is -0.119. The number of phenolic OH excluding ortho intramolecular Hbond substituents is 1. The standard InChI is InChI=1S/C11H16N2O2.ClH/c1-7(8(2)12)11(15)13-9-4-3-5-10(14)6-9;/h3-8,14H,12H2,1-2H3,(H,13,15);1H. The second-order valence-corrected chi connectivity index (χ2v) is 3.69. The highest BCUT2D eigenvalue weighted by Gasteiger charge is 2.16. The molecule has 5 heteroatoms. The third-order valence-electron chi connectivity index (χ3n) is 2.32. The number of anilines is 1. The molecule has 0 bridgehead atoms. The van der Waals surface area contributed by atoms with E-state index in [1.54, 1.807) is 32.0 Å². The number of phenols is 1. The maximum atomic E-state index is 11.6. The molecule has 0 saturated heterocycles. The molecule has 0 aliphatic carbocycles. The predicted molar refractivity (Wildman–Crippen MR) is 66.8 cm³/mol. The summed E-state index contributed by atoms with van der Waals surface area (Å²) >= 11 is 0. The first kappa shape index (κ1) is 14.7. The normalized spacial score (nSPS) is 13.4. The summed E-state index contributed by atoms with van der Waals surface area (Å²) in [4.78, 5) is 11.6. The van der Waals surface area contributed by atoms with Crippen LogP contribution in [0.15, 0.2) is 24.3 Å². The second kappa shape index (κ2) is 6.35. The number of nitrogens with two attached hydrogens (primary N) is 1. The summed E-state index contributed by atoms with van der Waals surface area (Å²) in [6, 6.07) is 6.23. The molecule has 2 atom stereocenters. The van der Waals surface area contributed by atoms with Gasteiger partial charge in [0.15, 0.2) is 0 Å². The number of aromatic hydroxyl groups is 1. The van der Waals surface area contributed by atoms with Gasteiger partial charge in [0, 0.05) is 17.8 Å². The Hall–Kier alpha value is -1.26. The first-order valence-electron chi connectivity index (χ1n) is 4.86. The zero-order valence-corrected chi connectivity index (χ0v) is 10.1. The molecule has 0 fully saturated rings. The Morgan fingerprint density at radius 3 is 2.56 bits per heavy atom. The van der Waals surface area contributed by atoms with E-state index in [0.29, 0.717) is 5.69 Å². The summed E-state index contributed by atoms with van der Waals surface area (Å²) in [5.41, 5.74) is 6.19. The van der Waals surface area contributed by atoms with E-state index in [9.17, 15) is 9.90 Å². The van der Waals surface area contributed by atoms with E-state index < -0.39 is 0 Å². The molecular weight excluding hydrogens is 228 g/mol. The second-order valence-electron chi connectivity index (χ2n) is 3.69. The zero-order valence-electron chi connectivity index (χ0n) is 9.31. The van der Waals surface area contributed by atoms with Crippen molar-refractivity contribution in [2.45, 2.75) is 19.9 Å². The summed E-state index contributed by atoms with van der Waals surface area (Å²) in [5, 5.41) is 11.9. The van der Waals surface area contributed by atoms with Crippen LogP contribution in [0, 0.1) is 5.92 Å². The Morgan fingerprint density at radius 2 is 2.06 bits per heavy atom. The van der Waals surface area contributed by atoms with E-state index in [2.05, 4.69) is 5.32 Å². The third kappa shape index (κ3) is 4.08.